The van der Waals surface area contributed by atoms with E-state index in [0.29, 0.717) is 18.6 Å². The molecule has 3 atom stereocenters. The number of morpholine rings is 1. The van der Waals surface area contributed by atoms with Gasteiger partial charge in [0.25, 0.3) is 0 Å². The molecule has 2 N–H and O–H groups in total. The summed E-state index contributed by atoms with van der Waals surface area (Å²) >= 11 is 0. The number of rotatable bonds is 6. The Morgan fingerprint density at radius 2 is 1.95 bits per heavy atom. The molecule has 1 rings (SSSR count). The van der Waals surface area contributed by atoms with Crippen LogP contribution < -0.4 is 5.73 Å². The first-order valence-electron chi connectivity index (χ1n) is 7.10. The van der Waals surface area contributed by atoms with Crippen molar-refractivity contribution >= 4 is 5.97 Å². The number of hydrogen-bond donors (Lipinski definition) is 1. The van der Waals surface area contributed by atoms with E-state index in [1.165, 1.54) is 7.11 Å². The molecule has 1 aliphatic rings. The Labute approximate surface area is 116 Å². The highest BCUT2D eigenvalue weighted by Crippen LogP contribution is 2.15. The molecule has 0 bridgehead atoms. The molecule has 0 spiro atoms. The molecular formula is C14H28N2O3. The number of esters is 1. The van der Waals surface area contributed by atoms with Crippen molar-refractivity contribution in [3.8, 4) is 0 Å². The number of hydrogen-bond acceptors (Lipinski definition) is 5. The zero-order valence-electron chi connectivity index (χ0n) is 12.6. The Kier molecular flexibility index (Phi) is 6.23. The van der Waals surface area contributed by atoms with Gasteiger partial charge in [0.15, 0.2) is 0 Å². The van der Waals surface area contributed by atoms with Crippen LogP contribution in [-0.2, 0) is 14.3 Å². The zero-order chi connectivity index (χ0) is 14.5. The summed E-state index contributed by atoms with van der Waals surface area (Å²) in [6, 6.07) is 0. The molecule has 0 saturated carbocycles. The second-order valence-electron chi connectivity index (χ2n) is 5.88. The van der Waals surface area contributed by atoms with Gasteiger partial charge in [-0.1, -0.05) is 0 Å². The molecule has 0 aromatic rings. The number of nitrogens with two attached hydrogens (primary N) is 1. The van der Waals surface area contributed by atoms with Gasteiger partial charge in [-0.15, -0.1) is 0 Å². The van der Waals surface area contributed by atoms with Crippen LogP contribution in [0.3, 0.4) is 0 Å². The van der Waals surface area contributed by atoms with E-state index in [0.717, 1.165) is 32.5 Å². The maximum atomic E-state index is 11.4. The Balaban J connectivity index is 2.22. The quantitative estimate of drug-likeness (QED) is 0.580. The fourth-order valence-corrected chi connectivity index (χ4v) is 2.63. The minimum atomic E-state index is -0.861. The lowest BCUT2D eigenvalue weighted by molar-refractivity contribution is -0.146. The van der Waals surface area contributed by atoms with Crippen LogP contribution in [0.1, 0.15) is 40.0 Å². The number of carbonyl (C=O) groups is 1. The van der Waals surface area contributed by atoms with Crippen molar-refractivity contribution in [1.29, 1.82) is 0 Å². The smallest absolute Gasteiger partial charge is 0.325 e. The predicted molar refractivity (Wildman–Crippen MR) is 74.9 cm³/mol. The molecular weight excluding hydrogens is 244 g/mol. The molecule has 1 saturated heterocycles. The molecule has 0 aromatic carbocycles. The van der Waals surface area contributed by atoms with Gasteiger partial charge in [-0.05, 0) is 46.6 Å². The second-order valence-corrected chi connectivity index (χ2v) is 5.88. The van der Waals surface area contributed by atoms with Crippen LogP contribution in [-0.4, -0.2) is 55.4 Å². The first-order chi connectivity index (χ1) is 8.85. The SMILES string of the molecule is COC(=O)C(C)(N)CCCCN1C[C@@H](C)O[C@@H](C)C1. The maximum Gasteiger partial charge on any atom is 0.325 e. The van der Waals surface area contributed by atoms with Crippen molar-refractivity contribution < 1.29 is 14.3 Å². The zero-order valence-corrected chi connectivity index (χ0v) is 12.6. The van der Waals surface area contributed by atoms with E-state index >= 15 is 0 Å². The summed E-state index contributed by atoms with van der Waals surface area (Å²) in [5.41, 5.74) is 5.07. The second kappa shape index (κ2) is 7.22. The van der Waals surface area contributed by atoms with E-state index in [1.807, 2.05) is 0 Å². The van der Waals surface area contributed by atoms with Gasteiger partial charge in [-0.25, -0.2) is 0 Å². The first kappa shape index (κ1) is 16.4. The number of methoxy groups -OCH3 is 1. The number of unbranched alkanes of at least 4 members (excludes halogenated alkanes) is 1. The van der Waals surface area contributed by atoms with Crippen molar-refractivity contribution in [3.63, 3.8) is 0 Å². The van der Waals surface area contributed by atoms with E-state index in [9.17, 15) is 4.79 Å². The summed E-state index contributed by atoms with van der Waals surface area (Å²) in [6.07, 6.45) is 3.25. The fraction of sp³-hybridized carbons (Fsp3) is 0.929. The highest BCUT2D eigenvalue weighted by molar-refractivity contribution is 5.79. The number of ether oxygens (including phenoxy) is 2. The Morgan fingerprint density at radius 3 is 2.47 bits per heavy atom. The molecule has 0 amide bonds. The normalized spacial score (nSPS) is 27.8. The van der Waals surface area contributed by atoms with Gasteiger partial charge in [0.1, 0.15) is 5.54 Å². The first-order valence-corrected chi connectivity index (χ1v) is 7.10. The summed E-state index contributed by atoms with van der Waals surface area (Å²) in [4.78, 5) is 13.9. The van der Waals surface area contributed by atoms with Crippen LogP contribution in [0.4, 0.5) is 0 Å². The standard InChI is InChI=1S/C14H28N2O3/c1-11-9-16(10-12(2)19-11)8-6-5-7-14(3,15)13(17)18-4/h11-12H,5-10,15H2,1-4H3/t11-,12+,14?. The average molecular weight is 272 g/mol. The van der Waals surface area contributed by atoms with Crippen molar-refractivity contribution in [1.82, 2.24) is 4.90 Å². The molecule has 1 unspecified atom stereocenters. The van der Waals surface area contributed by atoms with Crippen molar-refractivity contribution in [2.75, 3.05) is 26.7 Å². The average Bonchev–Trinajstić information content (AvgIpc) is 2.32. The van der Waals surface area contributed by atoms with Crippen LogP contribution >= 0.6 is 0 Å². The van der Waals surface area contributed by atoms with Crippen molar-refractivity contribution in [2.24, 2.45) is 5.73 Å². The lowest BCUT2D eigenvalue weighted by atomic mass is 9.96. The van der Waals surface area contributed by atoms with Gasteiger partial charge in [0.2, 0.25) is 0 Å². The summed E-state index contributed by atoms with van der Waals surface area (Å²) < 4.78 is 10.4. The van der Waals surface area contributed by atoms with Gasteiger partial charge >= 0.3 is 5.97 Å². The molecule has 1 aliphatic heterocycles. The van der Waals surface area contributed by atoms with Crippen LogP contribution in [0.5, 0.6) is 0 Å². The third-order valence-corrected chi connectivity index (χ3v) is 3.57. The minimum Gasteiger partial charge on any atom is -0.468 e. The Hall–Kier alpha value is -0.650. The molecule has 19 heavy (non-hydrogen) atoms. The van der Waals surface area contributed by atoms with E-state index in [2.05, 4.69) is 18.7 Å². The molecule has 5 heteroatoms. The van der Waals surface area contributed by atoms with Crippen LogP contribution in [0.25, 0.3) is 0 Å². The molecule has 0 aromatic heterocycles. The molecule has 1 heterocycles. The van der Waals surface area contributed by atoms with Gasteiger partial charge in [0, 0.05) is 13.1 Å². The van der Waals surface area contributed by atoms with Crippen molar-refractivity contribution in [3.05, 3.63) is 0 Å². The third kappa shape index (κ3) is 5.47. The highest BCUT2D eigenvalue weighted by Gasteiger charge is 2.28. The van der Waals surface area contributed by atoms with E-state index in [-0.39, 0.29) is 5.97 Å². The van der Waals surface area contributed by atoms with Crippen LogP contribution in [0.15, 0.2) is 0 Å². The summed E-state index contributed by atoms with van der Waals surface area (Å²) in [5.74, 6) is -0.332. The number of carbonyl (C=O) groups excluding carboxylic acids is 1. The van der Waals surface area contributed by atoms with Gasteiger partial charge in [-0.3, -0.25) is 9.69 Å². The molecule has 0 aliphatic carbocycles. The molecule has 0 radical (unpaired) electrons. The topological polar surface area (TPSA) is 64.8 Å². The lowest BCUT2D eigenvalue weighted by Gasteiger charge is -2.35. The minimum absolute atomic E-state index is 0.304. The Morgan fingerprint density at radius 1 is 1.37 bits per heavy atom. The fourth-order valence-electron chi connectivity index (χ4n) is 2.63. The summed E-state index contributed by atoms with van der Waals surface area (Å²) in [5, 5.41) is 0. The van der Waals surface area contributed by atoms with Crippen LogP contribution in [0, 0.1) is 0 Å². The van der Waals surface area contributed by atoms with Gasteiger partial charge in [-0.2, -0.15) is 0 Å². The molecule has 1 fully saturated rings. The monoisotopic (exact) mass is 272 g/mol. The highest BCUT2D eigenvalue weighted by atomic mass is 16.5. The van der Waals surface area contributed by atoms with Crippen molar-refractivity contribution in [2.45, 2.75) is 57.8 Å². The largest absolute Gasteiger partial charge is 0.468 e. The lowest BCUT2D eigenvalue weighted by Crippen LogP contribution is -2.46. The van der Waals surface area contributed by atoms with Gasteiger partial charge < -0.3 is 15.2 Å². The van der Waals surface area contributed by atoms with Gasteiger partial charge in [0.05, 0.1) is 19.3 Å². The van der Waals surface area contributed by atoms with E-state index < -0.39 is 5.54 Å². The molecule has 5 nitrogen and oxygen atoms in total. The summed E-state index contributed by atoms with van der Waals surface area (Å²) in [6.45, 7) is 8.96. The number of nitrogens with zero attached hydrogens (tertiary/aromatic N) is 1. The van der Waals surface area contributed by atoms with E-state index in [4.69, 9.17) is 15.2 Å². The predicted octanol–water partition coefficient (Wildman–Crippen LogP) is 1.16. The van der Waals surface area contributed by atoms with Crippen LogP contribution in [0.2, 0.25) is 0 Å². The third-order valence-electron chi connectivity index (χ3n) is 3.57. The maximum absolute atomic E-state index is 11.4. The molecule has 112 valence electrons. The Bertz CT molecular complexity index is 284. The van der Waals surface area contributed by atoms with E-state index in [1.54, 1.807) is 6.92 Å². The summed E-state index contributed by atoms with van der Waals surface area (Å²) in [7, 11) is 1.38.